The van der Waals surface area contributed by atoms with Gasteiger partial charge in [-0.25, -0.2) is 17.2 Å². The van der Waals surface area contributed by atoms with E-state index < -0.39 is 51.1 Å². The molecule has 9 nitrogen and oxygen atoms in total. The third-order valence-corrected chi connectivity index (χ3v) is 7.57. The van der Waals surface area contributed by atoms with Gasteiger partial charge < -0.3 is 11.1 Å². The van der Waals surface area contributed by atoms with Crippen molar-refractivity contribution in [2.45, 2.75) is 48.2 Å². The van der Waals surface area contributed by atoms with Crippen molar-refractivity contribution < 1.29 is 35.2 Å². The van der Waals surface area contributed by atoms with Crippen LogP contribution in [0, 0.1) is 17.2 Å². The SMILES string of the molecule is CN(CC(F)F)C1CCC(n2cc(C(N)=O)c(Nc3ccc(S(=O)(=O)C(F)(F)F)cc3)n2)C(C#N)C1. The van der Waals surface area contributed by atoms with E-state index in [1.54, 1.807) is 7.05 Å². The van der Waals surface area contributed by atoms with Gasteiger partial charge >= 0.3 is 5.51 Å². The summed E-state index contributed by atoms with van der Waals surface area (Å²) in [5.74, 6) is -1.49. The fourth-order valence-corrected chi connectivity index (χ4v) is 4.94. The van der Waals surface area contributed by atoms with Gasteiger partial charge in [-0.1, -0.05) is 0 Å². The normalized spacial score (nSPS) is 20.9. The highest BCUT2D eigenvalue weighted by atomic mass is 32.2. The van der Waals surface area contributed by atoms with Crippen molar-refractivity contribution in [1.82, 2.24) is 14.7 Å². The van der Waals surface area contributed by atoms with Gasteiger partial charge in [0, 0.05) is 17.9 Å². The third kappa shape index (κ3) is 5.76. The lowest BCUT2D eigenvalue weighted by Gasteiger charge is -2.37. The molecule has 0 bridgehead atoms. The summed E-state index contributed by atoms with van der Waals surface area (Å²) in [6.45, 7) is -0.418. The average molecular weight is 535 g/mol. The molecule has 36 heavy (non-hydrogen) atoms. The van der Waals surface area contributed by atoms with E-state index in [0.29, 0.717) is 19.3 Å². The second kappa shape index (κ2) is 10.4. The first-order valence-electron chi connectivity index (χ1n) is 10.7. The minimum absolute atomic E-state index is 0.0393. The Bertz CT molecular complexity index is 1240. The number of carbonyl (C=O) groups is 1. The molecular weight excluding hydrogens is 511 g/mol. The fraction of sp³-hybridized carbons (Fsp3) is 0.476. The van der Waals surface area contributed by atoms with Crippen molar-refractivity contribution in [2.24, 2.45) is 11.7 Å². The van der Waals surface area contributed by atoms with Crippen LogP contribution in [-0.2, 0) is 9.84 Å². The summed E-state index contributed by atoms with van der Waals surface area (Å²) in [7, 11) is -3.95. The molecule has 1 aliphatic carbocycles. The summed E-state index contributed by atoms with van der Waals surface area (Å²) < 4.78 is 88.2. The number of benzene rings is 1. The number of primary amides is 1. The first-order valence-corrected chi connectivity index (χ1v) is 12.2. The van der Waals surface area contributed by atoms with Gasteiger partial charge in [0.05, 0.1) is 29.5 Å². The van der Waals surface area contributed by atoms with E-state index in [1.165, 1.54) is 15.8 Å². The maximum Gasteiger partial charge on any atom is 0.501 e. The smallest absolute Gasteiger partial charge is 0.365 e. The molecule has 15 heteroatoms. The van der Waals surface area contributed by atoms with Gasteiger partial charge in [-0.05, 0) is 50.6 Å². The van der Waals surface area contributed by atoms with E-state index in [0.717, 1.165) is 24.3 Å². The molecule has 3 rings (SSSR count). The minimum atomic E-state index is -5.52. The maximum atomic E-state index is 12.7. The molecule has 1 aromatic heterocycles. The number of halogens is 5. The zero-order valence-corrected chi connectivity index (χ0v) is 19.7. The van der Waals surface area contributed by atoms with E-state index in [4.69, 9.17) is 5.73 Å². The van der Waals surface area contributed by atoms with Crippen molar-refractivity contribution in [3.8, 4) is 6.07 Å². The maximum absolute atomic E-state index is 12.7. The predicted molar refractivity (Wildman–Crippen MR) is 118 cm³/mol. The lowest BCUT2D eigenvalue weighted by Crippen LogP contribution is -2.41. The largest absolute Gasteiger partial charge is 0.501 e. The van der Waals surface area contributed by atoms with Crippen molar-refractivity contribution in [1.29, 1.82) is 5.26 Å². The van der Waals surface area contributed by atoms with Crippen LogP contribution in [0.4, 0.5) is 33.5 Å². The highest BCUT2D eigenvalue weighted by Crippen LogP contribution is 2.37. The van der Waals surface area contributed by atoms with Crippen LogP contribution in [0.1, 0.15) is 35.7 Å². The molecule has 3 unspecified atom stereocenters. The van der Waals surface area contributed by atoms with Crippen molar-refractivity contribution in [3.05, 3.63) is 36.0 Å². The summed E-state index contributed by atoms with van der Waals surface area (Å²) >= 11 is 0. The predicted octanol–water partition coefficient (Wildman–Crippen LogP) is 3.45. The van der Waals surface area contributed by atoms with Gasteiger partial charge in [-0.15, -0.1) is 0 Å². The summed E-state index contributed by atoms with van der Waals surface area (Å²) in [6, 6.07) is 5.14. The van der Waals surface area contributed by atoms with E-state index >= 15 is 0 Å². The van der Waals surface area contributed by atoms with Gasteiger partial charge in [0.1, 0.15) is 5.56 Å². The quantitative estimate of drug-likeness (QED) is 0.496. The molecule has 1 aromatic carbocycles. The third-order valence-electron chi connectivity index (χ3n) is 6.07. The number of hydrogen-bond acceptors (Lipinski definition) is 7. The van der Waals surface area contributed by atoms with Gasteiger partial charge in [-0.2, -0.15) is 23.5 Å². The van der Waals surface area contributed by atoms with E-state index in [2.05, 4.69) is 16.5 Å². The number of anilines is 2. The number of hydrogen-bond donors (Lipinski definition) is 2. The number of amides is 1. The van der Waals surface area contributed by atoms with Gasteiger partial charge in [0.25, 0.3) is 22.2 Å². The molecule has 3 atom stereocenters. The van der Waals surface area contributed by atoms with Gasteiger partial charge in [-0.3, -0.25) is 14.4 Å². The molecule has 1 heterocycles. The van der Waals surface area contributed by atoms with Crippen LogP contribution in [0.3, 0.4) is 0 Å². The summed E-state index contributed by atoms with van der Waals surface area (Å²) in [4.78, 5) is 12.5. The second-order valence-electron chi connectivity index (χ2n) is 8.43. The Hall–Kier alpha value is -3.25. The van der Waals surface area contributed by atoms with Crippen LogP contribution in [0.2, 0.25) is 0 Å². The Kier molecular flexibility index (Phi) is 7.89. The van der Waals surface area contributed by atoms with E-state index in [-0.39, 0.29) is 23.1 Å². The molecule has 1 fully saturated rings. The molecule has 0 aliphatic heterocycles. The summed E-state index contributed by atoms with van der Waals surface area (Å²) in [5.41, 5.74) is 0.0597. The van der Waals surface area contributed by atoms with Crippen molar-refractivity contribution in [3.63, 3.8) is 0 Å². The van der Waals surface area contributed by atoms with Gasteiger partial charge in [0.2, 0.25) is 0 Å². The lowest BCUT2D eigenvalue weighted by atomic mass is 9.82. The Morgan fingerprint density at radius 1 is 1.31 bits per heavy atom. The number of nitrogens with zero attached hydrogens (tertiary/aromatic N) is 4. The van der Waals surface area contributed by atoms with Gasteiger partial charge in [0.15, 0.2) is 5.82 Å². The first-order chi connectivity index (χ1) is 16.7. The standard InChI is InChI=1S/C21H23F5N6O3S/c1-31(11-18(22)23)14-4-7-17(12(8-14)9-27)32-10-16(19(28)33)20(30-32)29-13-2-5-15(6-3-13)36(34,35)21(24,25)26/h2-3,5-6,10,12,14,17-18H,4,7-8,11H2,1H3,(H2,28,33)(H,29,30). The molecule has 1 aliphatic rings. The van der Waals surface area contributed by atoms with Crippen molar-refractivity contribution >= 4 is 27.2 Å². The molecule has 196 valence electrons. The topological polar surface area (TPSA) is 134 Å². The van der Waals surface area contributed by atoms with Crippen LogP contribution >= 0.6 is 0 Å². The number of nitriles is 1. The Morgan fingerprint density at radius 2 is 1.94 bits per heavy atom. The number of nitrogens with two attached hydrogens (primary N) is 1. The zero-order chi connectivity index (χ0) is 26.8. The van der Waals surface area contributed by atoms with Crippen LogP contribution in [-0.4, -0.2) is 60.6 Å². The number of sulfone groups is 1. The number of nitrogens with one attached hydrogen (secondary N) is 1. The van der Waals surface area contributed by atoms with E-state index in [1.807, 2.05) is 0 Å². The molecule has 0 saturated heterocycles. The van der Waals surface area contributed by atoms with Crippen LogP contribution in [0.25, 0.3) is 0 Å². The molecular formula is C21H23F5N6O3S. The van der Waals surface area contributed by atoms with Crippen LogP contribution < -0.4 is 11.1 Å². The molecule has 0 spiro atoms. The summed E-state index contributed by atoms with van der Waals surface area (Å²) in [5, 5.41) is 16.7. The fourth-order valence-electron chi connectivity index (χ4n) is 4.18. The highest BCUT2D eigenvalue weighted by Gasteiger charge is 2.46. The van der Waals surface area contributed by atoms with Crippen molar-refractivity contribution in [2.75, 3.05) is 18.9 Å². The monoisotopic (exact) mass is 534 g/mol. The van der Waals surface area contributed by atoms with E-state index in [9.17, 15) is 40.4 Å². The molecule has 2 aromatic rings. The number of rotatable bonds is 8. The first kappa shape index (κ1) is 27.3. The number of aromatic nitrogens is 2. The minimum Gasteiger partial charge on any atom is -0.365 e. The Balaban J connectivity index is 1.82. The zero-order valence-electron chi connectivity index (χ0n) is 18.9. The Labute approximate surface area is 203 Å². The number of carbonyl (C=O) groups excluding carboxylic acids is 1. The van der Waals surface area contributed by atoms with Crippen LogP contribution in [0.15, 0.2) is 35.4 Å². The number of alkyl halides is 5. The van der Waals surface area contributed by atoms with Crippen LogP contribution in [0.5, 0.6) is 0 Å². The molecule has 0 radical (unpaired) electrons. The molecule has 3 N–H and O–H groups in total. The molecule has 1 saturated carbocycles. The summed E-state index contributed by atoms with van der Waals surface area (Å²) in [6.07, 6.45) is 0.0725. The average Bonchev–Trinajstić information content (AvgIpc) is 3.21. The second-order valence-corrected chi connectivity index (χ2v) is 10.4. The Morgan fingerprint density at radius 3 is 2.47 bits per heavy atom. The highest BCUT2D eigenvalue weighted by molar-refractivity contribution is 7.92. The molecule has 1 amide bonds. The lowest BCUT2D eigenvalue weighted by molar-refractivity contribution is -0.0436.